The Kier molecular flexibility index (Phi) is 3.12. The van der Waals surface area contributed by atoms with Gasteiger partial charge in [0.15, 0.2) is 0 Å². The largest absolute Gasteiger partial charge is 0.494 e. The molecule has 1 nitrogen and oxygen atoms in total. The lowest BCUT2D eigenvalue weighted by molar-refractivity contribution is 0.407. The summed E-state index contributed by atoms with van der Waals surface area (Å²) in [5, 5.41) is 0. The molecule has 0 radical (unpaired) electrons. The fraction of sp³-hybridized carbons (Fsp3) is 0.143. The van der Waals surface area contributed by atoms with Crippen molar-refractivity contribution in [3.63, 3.8) is 0 Å². The average Bonchev–Trinajstić information content (AvgIpc) is 1.85. The summed E-state index contributed by atoms with van der Waals surface area (Å²) in [5.41, 5.74) is 0. The van der Waals surface area contributed by atoms with E-state index < -0.39 is 0 Å². The Bertz CT molecular complexity index is 254. The normalized spacial score (nSPS) is 9.82. The monoisotopic (exact) mass is 330 g/mol. The number of methoxy groups -OCH3 is 1. The Hall–Kier alpha value is 0.160. The van der Waals surface area contributed by atoms with Crippen molar-refractivity contribution in [2.45, 2.75) is 0 Å². The number of ether oxygens (including phenoxy) is 1. The van der Waals surface area contributed by atoms with Crippen LogP contribution in [-0.2, 0) is 0 Å². The van der Waals surface area contributed by atoms with Crippen LogP contribution >= 0.6 is 38.5 Å². The predicted molar refractivity (Wildman–Crippen MR) is 53.4 cm³/mol. The van der Waals surface area contributed by atoms with Crippen molar-refractivity contribution < 1.29 is 9.13 Å². The van der Waals surface area contributed by atoms with E-state index in [1.165, 1.54) is 12.1 Å². The first-order chi connectivity index (χ1) is 5.15. The zero-order valence-electron chi connectivity index (χ0n) is 5.70. The smallest absolute Gasteiger partial charge is 0.146 e. The second kappa shape index (κ2) is 3.71. The SMILES string of the molecule is COc1c(Br)cc(F)cc1I. The Morgan fingerprint density at radius 2 is 2.18 bits per heavy atom. The molecule has 0 aliphatic rings. The molecule has 1 rings (SSSR count). The molecule has 0 aliphatic heterocycles. The van der Waals surface area contributed by atoms with Gasteiger partial charge in [0.25, 0.3) is 0 Å². The molecule has 0 amide bonds. The standard InChI is InChI=1S/C7H5BrFIO/c1-11-7-5(8)2-4(9)3-6(7)10/h2-3H,1H3. The van der Waals surface area contributed by atoms with Crippen LogP contribution in [0, 0.1) is 9.39 Å². The second-order valence-electron chi connectivity index (χ2n) is 1.90. The van der Waals surface area contributed by atoms with Crippen molar-refractivity contribution in [1.29, 1.82) is 0 Å². The van der Waals surface area contributed by atoms with E-state index >= 15 is 0 Å². The molecule has 0 saturated heterocycles. The second-order valence-corrected chi connectivity index (χ2v) is 3.92. The van der Waals surface area contributed by atoms with Crippen molar-refractivity contribution in [2.24, 2.45) is 0 Å². The van der Waals surface area contributed by atoms with Crippen LogP contribution < -0.4 is 4.74 Å². The molecule has 0 saturated carbocycles. The topological polar surface area (TPSA) is 9.23 Å². The number of hydrogen-bond acceptors (Lipinski definition) is 1. The lowest BCUT2D eigenvalue weighted by Gasteiger charge is -2.04. The van der Waals surface area contributed by atoms with Crippen LogP contribution in [0.2, 0.25) is 0 Å². The molecule has 1 aromatic carbocycles. The molecular weight excluding hydrogens is 326 g/mol. The van der Waals surface area contributed by atoms with Crippen LogP contribution in [0.25, 0.3) is 0 Å². The molecule has 0 aliphatic carbocycles. The quantitative estimate of drug-likeness (QED) is 0.718. The van der Waals surface area contributed by atoms with Gasteiger partial charge in [-0.15, -0.1) is 0 Å². The van der Waals surface area contributed by atoms with Gasteiger partial charge in [0, 0.05) is 0 Å². The molecule has 0 fully saturated rings. The van der Waals surface area contributed by atoms with Crippen molar-refractivity contribution in [1.82, 2.24) is 0 Å². The molecule has 0 unspecified atom stereocenters. The van der Waals surface area contributed by atoms with E-state index in [-0.39, 0.29) is 5.82 Å². The predicted octanol–water partition coefficient (Wildman–Crippen LogP) is 3.20. The zero-order chi connectivity index (χ0) is 8.43. The van der Waals surface area contributed by atoms with Crippen LogP contribution in [0.4, 0.5) is 4.39 Å². The highest BCUT2D eigenvalue weighted by Gasteiger charge is 2.06. The molecule has 60 valence electrons. The van der Waals surface area contributed by atoms with Crippen molar-refractivity contribution in [3.8, 4) is 5.75 Å². The minimum Gasteiger partial charge on any atom is -0.494 e. The molecule has 0 atom stereocenters. The average molecular weight is 331 g/mol. The first kappa shape index (κ1) is 9.25. The minimum absolute atomic E-state index is 0.262. The maximum absolute atomic E-state index is 12.7. The Labute approximate surface area is 86.2 Å². The fourth-order valence-electron chi connectivity index (χ4n) is 0.724. The summed E-state index contributed by atoms with van der Waals surface area (Å²) in [4.78, 5) is 0. The summed E-state index contributed by atoms with van der Waals surface area (Å²) in [6, 6.07) is 2.80. The van der Waals surface area contributed by atoms with Crippen molar-refractivity contribution >= 4 is 38.5 Å². The number of hydrogen-bond donors (Lipinski definition) is 0. The Morgan fingerprint density at radius 1 is 1.55 bits per heavy atom. The third-order valence-electron chi connectivity index (χ3n) is 1.17. The highest BCUT2D eigenvalue weighted by atomic mass is 127. The molecular formula is C7H5BrFIO. The summed E-state index contributed by atoms with van der Waals surface area (Å²) in [6.07, 6.45) is 0. The van der Waals surface area contributed by atoms with Gasteiger partial charge in [-0.3, -0.25) is 0 Å². The van der Waals surface area contributed by atoms with E-state index in [1.807, 2.05) is 22.6 Å². The first-order valence-electron chi connectivity index (χ1n) is 2.83. The van der Waals surface area contributed by atoms with Gasteiger partial charge in [-0.25, -0.2) is 4.39 Å². The summed E-state index contributed by atoms with van der Waals surface area (Å²) in [7, 11) is 1.56. The van der Waals surface area contributed by atoms with Gasteiger partial charge >= 0.3 is 0 Å². The van der Waals surface area contributed by atoms with Crippen LogP contribution in [0.1, 0.15) is 0 Å². The van der Waals surface area contributed by atoms with Gasteiger partial charge < -0.3 is 4.74 Å². The van der Waals surface area contributed by atoms with E-state index in [0.29, 0.717) is 10.2 Å². The molecule has 0 bridgehead atoms. The molecule has 4 heteroatoms. The van der Waals surface area contributed by atoms with Gasteiger partial charge in [0.05, 0.1) is 15.2 Å². The molecule has 1 aromatic rings. The van der Waals surface area contributed by atoms with Crippen molar-refractivity contribution in [3.05, 3.63) is 26.0 Å². The minimum atomic E-state index is -0.262. The van der Waals surface area contributed by atoms with Gasteiger partial charge in [-0.05, 0) is 50.7 Å². The van der Waals surface area contributed by atoms with Crippen LogP contribution in [0.3, 0.4) is 0 Å². The summed E-state index contributed by atoms with van der Waals surface area (Å²) >= 11 is 5.20. The Balaban J connectivity index is 3.25. The Morgan fingerprint density at radius 3 is 2.64 bits per heavy atom. The zero-order valence-corrected chi connectivity index (χ0v) is 9.44. The maximum atomic E-state index is 12.7. The highest BCUT2D eigenvalue weighted by molar-refractivity contribution is 14.1. The molecule has 0 aromatic heterocycles. The summed E-state index contributed by atoms with van der Waals surface area (Å²) < 4.78 is 19.1. The van der Waals surface area contributed by atoms with Crippen LogP contribution in [0.5, 0.6) is 5.75 Å². The lowest BCUT2D eigenvalue weighted by atomic mass is 10.3. The van der Waals surface area contributed by atoms with E-state index in [2.05, 4.69) is 15.9 Å². The van der Waals surface area contributed by atoms with Crippen LogP contribution in [-0.4, -0.2) is 7.11 Å². The van der Waals surface area contributed by atoms with Gasteiger partial charge in [0.2, 0.25) is 0 Å². The van der Waals surface area contributed by atoms with Gasteiger partial charge in [0.1, 0.15) is 11.6 Å². The summed E-state index contributed by atoms with van der Waals surface area (Å²) in [5.74, 6) is 0.411. The highest BCUT2D eigenvalue weighted by Crippen LogP contribution is 2.30. The number of halogens is 3. The van der Waals surface area contributed by atoms with E-state index in [9.17, 15) is 4.39 Å². The summed E-state index contributed by atoms with van der Waals surface area (Å²) in [6.45, 7) is 0. The maximum Gasteiger partial charge on any atom is 0.146 e. The molecule has 0 heterocycles. The lowest BCUT2D eigenvalue weighted by Crippen LogP contribution is -1.89. The molecule has 11 heavy (non-hydrogen) atoms. The van der Waals surface area contributed by atoms with Gasteiger partial charge in [-0.2, -0.15) is 0 Å². The first-order valence-corrected chi connectivity index (χ1v) is 4.71. The molecule has 0 spiro atoms. The van der Waals surface area contributed by atoms with Gasteiger partial charge in [-0.1, -0.05) is 0 Å². The van der Waals surface area contributed by atoms with E-state index in [0.717, 1.165) is 3.57 Å². The van der Waals surface area contributed by atoms with Crippen LogP contribution in [0.15, 0.2) is 16.6 Å². The third-order valence-corrected chi connectivity index (χ3v) is 2.56. The third kappa shape index (κ3) is 2.05. The fourth-order valence-corrected chi connectivity index (χ4v) is 2.50. The molecule has 0 N–H and O–H groups in total. The van der Waals surface area contributed by atoms with E-state index in [1.54, 1.807) is 7.11 Å². The number of benzene rings is 1. The number of rotatable bonds is 1. The van der Waals surface area contributed by atoms with E-state index in [4.69, 9.17) is 4.74 Å². The van der Waals surface area contributed by atoms with Crippen molar-refractivity contribution in [2.75, 3.05) is 7.11 Å².